The number of H-pyrrole nitrogens is 1. The van der Waals surface area contributed by atoms with E-state index in [1.54, 1.807) is 4.72 Å². The second-order valence-corrected chi connectivity index (χ2v) is 4.62. The molecular weight excluding hydrogens is 216 g/mol. The van der Waals surface area contributed by atoms with Crippen molar-refractivity contribution in [1.29, 1.82) is 0 Å². The summed E-state index contributed by atoms with van der Waals surface area (Å²) in [6.07, 6.45) is 2.29. The van der Waals surface area contributed by atoms with Crippen LogP contribution < -0.4 is 4.72 Å². The Kier molecular flexibility index (Phi) is 2.63. The molecule has 1 rings (SSSR count). The molecular formula is C6H7ClN2O3S. The number of rotatable bonds is 2. The van der Waals surface area contributed by atoms with Crippen molar-refractivity contribution in [1.82, 2.24) is 9.71 Å². The van der Waals surface area contributed by atoms with Crippen LogP contribution in [-0.2, 0) is 10.0 Å². The quantitative estimate of drug-likeness (QED) is 0.758. The Hall–Kier alpha value is -1.01. The van der Waals surface area contributed by atoms with Crippen molar-refractivity contribution in [3.8, 4) is 0 Å². The van der Waals surface area contributed by atoms with Crippen molar-refractivity contribution in [3.05, 3.63) is 23.0 Å². The fourth-order valence-electron chi connectivity index (χ4n) is 0.722. The SMILES string of the molecule is CS(=O)(=O)NC(=O)c1cc(Cl)c[nH]1. The molecule has 1 aromatic rings. The highest BCUT2D eigenvalue weighted by Crippen LogP contribution is 2.09. The number of hydrogen-bond acceptors (Lipinski definition) is 3. The molecule has 5 nitrogen and oxygen atoms in total. The Morgan fingerprint density at radius 1 is 1.62 bits per heavy atom. The Labute approximate surface area is 80.1 Å². The minimum Gasteiger partial charge on any atom is -0.356 e. The molecule has 0 bridgehead atoms. The molecule has 0 aliphatic carbocycles. The Morgan fingerprint density at radius 3 is 2.62 bits per heavy atom. The molecule has 0 aliphatic rings. The summed E-state index contributed by atoms with van der Waals surface area (Å²) in [6.45, 7) is 0. The summed E-state index contributed by atoms with van der Waals surface area (Å²) in [5.74, 6) is -0.727. The van der Waals surface area contributed by atoms with Gasteiger partial charge in [-0.05, 0) is 6.07 Å². The molecule has 1 aromatic heterocycles. The number of aromatic amines is 1. The van der Waals surface area contributed by atoms with Crippen LogP contribution in [0.3, 0.4) is 0 Å². The van der Waals surface area contributed by atoms with E-state index in [2.05, 4.69) is 4.98 Å². The molecule has 0 aromatic carbocycles. The van der Waals surface area contributed by atoms with Gasteiger partial charge in [-0.25, -0.2) is 13.1 Å². The van der Waals surface area contributed by atoms with E-state index >= 15 is 0 Å². The van der Waals surface area contributed by atoms with E-state index in [1.165, 1.54) is 12.3 Å². The maximum absolute atomic E-state index is 11.1. The third-order valence-corrected chi connectivity index (χ3v) is 1.94. The molecule has 7 heteroatoms. The van der Waals surface area contributed by atoms with Crippen LogP contribution in [0.15, 0.2) is 12.3 Å². The Balaban J connectivity index is 2.81. The second-order valence-electron chi connectivity index (χ2n) is 2.43. The van der Waals surface area contributed by atoms with Crippen LogP contribution in [0.25, 0.3) is 0 Å². The molecule has 2 N–H and O–H groups in total. The Morgan fingerprint density at radius 2 is 2.23 bits per heavy atom. The summed E-state index contributed by atoms with van der Waals surface area (Å²) < 4.78 is 23.1. The minimum absolute atomic E-state index is 0.107. The highest BCUT2D eigenvalue weighted by molar-refractivity contribution is 7.89. The van der Waals surface area contributed by atoms with Crippen LogP contribution in [0.1, 0.15) is 10.5 Å². The highest BCUT2D eigenvalue weighted by Gasteiger charge is 2.12. The van der Waals surface area contributed by atoms with Crippen LogP contribution in [0.2, 0.25) is 5.02 Å². The summed E-state index contributed by atoms with van der Waals surface area (Å²) in [6, 6.07) is 1.34. The first kappa shape index (κ1) is 10.1. The van der Waals surface area contributed by atoms with Crippen LogP contribution in [0, 0.1) is 0 Å². The van der Waals surface area contributed by atoms with Gasteiger partial charge in [0.25, 0.3) is 5.91 Å². The maximum atomic E-state index is 11.1. The van der Waals surface area contributed by atoms with Gasteiger partial charge in [0.15, 0.2) is 0 Å². The molecule has 0 spiro atoms. The van der Waals surface area contributed by atoms with Crippen molar-refractivity contribution in [3.63, 3.8) is 0 Å². The normalized spacial score (nSPS) is 11.2. The zero-order valence-corrected chi connectivity index (χ0v) is 8.24. The number of sulfonamides is 1. The lowest BCUT2D eigenvalue weighted by molar-refractivity contribution is 0.0977. The standard InChI is InChI=1S/C6H7ClN2O3S/c1-13(11,12)9-6(10)5-2-4(7)3-8-5/h2-3,8H,1H3,(H,9,10). The highest BCUT2D eigenvalue weighted by atomic mass is 35.5. The molecule has 0 fully saturated rings. The summed E-state index contributed by atoms with van der Waals surface area (Å²) >= 11 is 5.52. The summed E-state index contributed by atoms with van der Waals surface area (Å²) in [5.41, 5.74) is 0.107. The summed E-state index contributed by atoms with van der Waals surface area (Å²) in [4.78, 5) is 13.6. The molecule has 0 saturated carbocycles. The molecule has 1 heterocycles. The van der Waals surface area contributed by atoms with E-state index in [-0.39, 0.29) is 5.69 Å². The average molecular weight is 223 g/mol. The number of amides is 1. The van der Waals surface area contributed by atoms with Gasteiger partial charge >= 0.3 is 0 Å². The Bertz CT molecular complexity index is 423. The third kappa shape index (κ3) is 3.08. The topological polar surface area (TPSA) is 79.0 Å². The van der Waals surface area contributed by atoms with Gasteiger partial charge in [0.05, 0.1) is 11.3 Å². The maximum Gasteiger partial charge on any atom is 0.281 e. The number of aromatic nitrogens is 1. The lowest BCUT2D eigenvalue weighted by Gasteiger charge is -1.98. The van der Waals surface area contributed by atoms with Crippen LogP contribution >= 0.6 is 11.6 Å². The largest absolute Gasteiger partial charge is 0.356 e. The monoisotopic (exact) mass is 222 g/mol. The van der Waals surface area contributed by atoms with E-state index in [1.807, 2.05) is 0 Å². The lowest BCUT2D eigenvalue weighted by atomic mass is 10.4. The van der Waals surface area contributed by atoms with Gasteiger partial charge in [0.2, 0.25) is 10.0 Å². The van der Waals surface area contributed by atoms with Gasteiger partial charge in [-0.2, -0.15) is 0 Å². The van der Waals surface area contributed by atoms with Crippen molar-refractivity contribution in [2.75, 3.05) is 6.26 Å². The number of carbonyl (C=O) groups is 1. The van der Waals surface area contributed by atoms with Gasteiger partial charge in [-0.3, -0.25) is 4.79 Å². The minimum atomic E-state index is -3.52. The van der Waals surface area contributed by atoms with E-state index in [0.29, 0.717) is 5.02 Å². The van der Waals surface area contributed by atoms with Gasteiger partial charge in [0.1, 0.15) is 5.69 Å². The smallest absolute Gasteiger partial charge is 0.281 e. The molecule has 0 saturated heterocycles. The van der Waals surface area contributed by atoms with Gasteiger partial charge in [0, 0.05) is 6.20 Å². The van der Waals surface area contributed by atoms with Gasteiger partial charge in [-0.1, -0.05) is 11.6 Å². The first-order valence-electron chi connectivity index (χ1n) is 3.24. The van der Waals surface area contributed by atoms with E-state index in [0.717, 1.165) is 6.26 Å². The van der Waals surface area contributed by atoms with Crippen molar-refractivity contribution in [2.24, 2.45) is 0 Å². The number of hydrogen-bond donors (Lipinski definition) is 2. The van der Waals surface area contributed by atoms with Crippen molar-refractivity contribution >= 4 is 27.5 Å². The summed E-state index contributed by atoms with van der Waals surface area (Å²) in [7, 11) is -3.52. The average Bonchev–Trinajstić information content (AvgIpc) is 2.31. The molecule has 0 unspecified atom stereocenters. The molecule has 0 radical (unpaired) electrons. The number of nitrogens with one attached hydrogen (secondary N) is 2. The van der Waals surface area contributed by atoms with Gasteiger partial charge < -0.3 is 4.98 Å². The van der Waals surface area contributed by atoms with Crippen molar-refractivity contribution in [2.45, 2.75) is 0 Å². The summed E-state index contributed by atoms with van der Waals surface area (Å²) in [5, 5.41) is 0.346. The molecule has 72 valence electrons. The molecule has 0 atom stereocenters. The van der Waals surface area contributed by atoms with E-state index in [4.69, 9.17) is 11.6 Å². The van der Waals surface area contributed by atoms with Crippen LogP contribution in [0.5, 0.6) is 0 Å². The molecule has 13 heavy (non-hydrogen) atoms. The first-order valence-corrected chi connectivity index (χ1v) is 5.51. The fraction of sp³-hybridized carbons (Fsp3) is 0.167. The second kappa shape index (κ2) is 3.39. The lowest BCUT2D eigenvalue weighted by Crippen LogP contribution is -2.29. The van der Waals surface area contributed by atoms with Crippen molar-refractivity contribution < 1.29 is 13.2 Å². The predicted molar refractivity (Wildman–Crippen MR) is 48.1 cm³/mol. The van der Waals surface area contributed by atoms with Crippen LogP contribution in [0.4, 0.5) is 0 Å². The third-order valence-electron chi connectivity index (χ3n) is 1.17. The zero-order chi connectivity index (χ0) is 10.1. The molecule has 1 amide bonds. The molecule has 0 aliphatic heterocycles. The predicted octanol–water partition coefficient (Wildman–Crippen LogP) is 0.358. The fourth-order valence-corrected chi connectivity index (χ4v) is 1.33. The zero-order valence-electron chi connectivity index (χ0n) is 6.67. The number of halogens is 1. The first-order chi connectivity index (χ1) is 5.88. The van der Waals surface area contributed by atoms with E-state index in [9.17, 15) is 13.2 Å². The van der Waals surface area contributed by atoms with Crippen LogP contribution in [-0.4, -0.2) is 25.6 Å². The number of carbonyl (C=O) groups excluding carboxylic acids is 1. The van der Waals surface area contributed by atoms with E-state index < -0.39 is 15.9 Å². The van der Waals surface area contributed by atoms with Gasteiger partial charge in [-0.15, -0.1) is 0 Å².